The lowest BCUT2D eigenvalue weighted by atomic mass is 9.73. The van der Waals surface area contributed by atoms with Gasteiger partial charge in [0.25, 0.3) is 0 Å². The summed E-state index contributed by atoms with van der Waals surface area (Å²) in [7, 11) is 1.54. The molecular weight excluding hydrogens is 482 g/mol. The summed E-state index contributed by atoms with van der Waals surface area (Å²) in [5.74, 6) is -0.810. The van der Waals surface area contributed by atoms with E-state index in [9.17, 15) is 19.2 Å². The predicted octanol–water partition coefficient (Wildman–Crippen LogP) is 4.66. The number of esters is 1. The SMILES string of the molecule is COc1ccc(C(=O)COC(=O)c2cccc(N3C(=O)[C@@H]4[C@@H]5C[C@@H]([C@H]4C3=O)[C@@H](c3ccccc3)C5)c2)cc1. The average Bonchev–Trinajstić information content (AvgIpc) is 3.63. The Bertz CT molecular complexity index is 1420. The number of carbonyl (C=O) groups excluding carboxylic acids is 4. The highest BCUT2D eigenvalue weighted by Gasteiger charge is 2.64. The monoisotopic (exact) mass is 509 g/mol. The van der Waals surface area contributed by atoms with E-state index in [4.69, 9.17) is 9.47 Å². The van der Waals surface area contributed by atoms with E-state index >= 15 is 0 Å². The standard InChI is InChI=1S/C31H27NO6/c1-37-23-12-10-19(11-13-23)26(33)17-38-31(36)20-8-5-9-22(14-20)32-29(34)27-21-15-24(18-6-3-2-4-7-18)25(16-21)28(27)30(32)35/h2-14,21,24-25,27-28H,15-17H2,1H3/t21-,24+,25+,27+,28+/m0/s1. The molecule has 2 aliphatic carbocycles. The molecule has 0 N–H and O–H groups in total. The van der Waals surface area contributed by atoms with E-state index in [1.807, 2.05) is 18.2 Å². The Kier molecular flexibility index (Phi) is 6.06. The van der Waals surface area contributed by atoms with Crippen LogP contribution in [0.3, 0.4) is 0 Å². The molecule has 2 amide bonds. The zero-order valence-electron chi connectivity index (χ0n) is 20.9. The van der Waals surface area contributed by atoms with Gasteiger partial charge in [0.1, 0.15) is 5.75 Å². The van der Waals surface area contributed by atoms with Crippen LogP contribution in [0.5, 0.6) is 5.75 Å². The second-order valence-corrected chi connectivity index (χ2v) is 10.3. The lowest BCUT2D eigenvalue weighted by Crippen LogP contribution is -2.33. The third-order valence-corrected chi connectivity index (χ3v) is 8.33. The third-order valence-electron chi connectivity index (χ3n) is 8.33. The molecule has 3 aromatic carbocycles. The maximum absolute atomic E-state index is 13.6. The molecule has 7 heteroatoms. The fraction of sp³-hybridized carbons (Fsp3) is 0.290. The second kappa shape index (κ2) is 9.56. The number of benzene rings is 3. The lowest BCUT2D eigenvalue weighted by molar-refractivity contribution is -0.123. The van der Waals surface area contributed by atoms with Crippen LogP contribution in [-0.2, 0) is 14.3 Å². The molecule has 5 atom stereocenters. The van der Waals surface area contributed by atoms with Crippen molar-refractivity contribution in [2.24, 2.45) is 23.7 Å². The Hall–Kier alpha value is -4.26. The van der Waals surface area contributed by atoms with Gasteiger partial charge in [-0.15, -0.1) is 0 Å². The molecule has 0 unspecified atom stereocenters. The highest BCUT2D eigenvalue weighted by molar-refractivity contribution is 6.23. The Morgan fingerprint density at radius 3 is 2.32 bits per heavy atom. The van der Waals surface area contributed by atoms with E-state index in [2.05, 4.69) is 12.1 Å². The van der Waals surface area contributed by atoms with Crippen LogP contribution in [-0.4, -0.2) is 37.3 Å². The number of hydrogen-bond acceptors (Lipinski definition) is 6. The summed E-state index contributed by atoms with van der Waals surface area (Å²) < 4.78 is 10.3. The van der Waals surface area contributed by atoms with Gasteiger partial charge >= 0.3 is 5.97 Å². The molecule has 6 rings (SSSR count). The lowest BCUT2D eigenvalue weighted by Gasteiger charge is -2.28. The largest absolute Gasteiger partial charge is 0.497 e. The van der Waals surface area contributed by atoms with Crippen LogP contribution in [0.25, 0.3) is 0 Å². The highest BCUT2D eigenvalue weighted by atomic mass is 16.5. The molecule has 1 aliphatic heterocycles. The highest BCUT2D eigenvalue weighted by Crippen LogP contribution is 2.61. The van der Waals surface area contributed by atoms with Crippen molar-refractivity contribution >= 4 is 29.3 Å². The van der Waals surface area contributed by atoms with Gasteiger partial charge in [-0.2, -0.15) is 0 Å². The quantitative estimate of drug-likeness (QED) is 0.261. The van der Waals surface area contributed by atoms with Crippen molar-refractivity contribution in [3.8, 4) is 5.75 Å². The fourth-order valence-electron chi connectivity index (χ4n) is 6.64. The average molecular weight is 510 g/mol. The Morgan fingerprint density at radius 1 is 0.842 bits per heavy atom. The summed E-state index contributed by atoms with van der Waals surface area (Å²) in [5, 5.41) is 0. The van der Waals surface area contributed by atoms with Crippen molar-refractivity contribution in [1.82, 2.24) is 0 Å². The van der Waals surface area contributed by atoms with E-state index in [0.29, 0.717) is 17.0 Å². The van der Waals surface area contributed by atoms with Gasteiger partial charge in [-0.05, 0) is 78.6 Å². The number of hydrogen-bond donors (Lipinski definition) is 0. The van der Waals surface area contributed by atoms with Crippen LogP contribution >= 0.6 is 0 Å². The van der Waals surface area contributed by atoms with Gasteiger partial charge in [0.15, 0.2) is 12.4 Å². The summed E-state index contributed by atoms with van der Waals surface area (Å²) in [6.07, 6.45) is 1.81. The maximum Gasteiger partial charge on any atom is 0.338 e. The number of methoxy groups -OCH3 is 1. The van der Waals surface area contributed by atoms with Crippen molar-refractivity contribution in [3.63, 3.8) is 0 Å². The zero-order valence-corrected chi connectivity index (χ0v) is 20.9. The molecule has 0 spiro atoms. The predicted molar refractivity (Wildman–Crippen MR) is 139 cm³/mol. The van der Waals surface area contributed by atoms with Gasteiger partial charge in [-0.3, -0.25) is 19.3 Å². The van der Waals surface area contributed by atoms with Crippen LogP contribution < -0.4 is 9.64 Å². The van der Waals surface area contributed by atoms with Crippen molar-refractivity contribution in [1.29, 1.82) is 0 Å². The Balaban J connectivity index is 1.16. The number of anilines is 1. The first-order chi connectivity index (χ1) is 18.5. The minimum absolute atomic E-state index is 0.144. The topological polar surface area (TPSA) is 90.0 Å². The molecule has 192 valence electrons. The molecule has 2 saturated carbocycles. The summed E-state index contributed by atoms with van der Waals surface area (Å²) in [4.78, 5) is 53.5. The molecular formula is C31H27NO6. The zero-order chi connectivity index (χ0) is 26.4. The van der Waals surface area contributed by atoms with E-state index in [1.165, 1.54) is 23.6 Å². The number of nitrogens with zero attached hydrogens (tertiary/aromatic N) is 1. The molecule has 7 nitrogen and oxygen atoms in total. The van der Waals surface area contributed by atoms with Crippen LogP contribution in [0.15, 0.2) is 78.9 Å². The number of imide groups is 1. The van der Waals surface area contributed by atoms with Gasteiger partial charge in [-0.25, -0.2) is 4.79 Å². The number of ketones is 1. The second-order valence-electron chi connectivity index (χ2n) is 10.3. The van der Waals surface area contributed by atoms with Crippen molar-refractivity contribution in [2.45, 2.75) is 18.8 Å². The van der Waals surface area contributed by atoms with Crippen molar-refractivity contribution in [3.05, 3.63) is 95.6 Å². The smallest absolute Gasteiger partial charge is 0.338 e. The van der Waals surface area contributed by atoms with Gasteiger partial charge in [0.2, 0.25) is 11.8 Å². The molecule has 3 aliphatic rings. The number of rotatable bonds is 7. The minimum atomic E-state index is -0.697. The van der Waals surface area contributed by atoms with Gasteiger partial charge in [0.05, 0.1) is 30.2 Å². The van der Waals surface area contributed by atoms with E-state index < -0.39 is 12.6 Å². The molecule has 3 fully saturated rings. The van der Waals surface area contributed by atoms with E-state index in [0.717, 1.165) is 12.8 Å². The summed E-state index contributed by atoms with van der Waals surface area (Å²) in [6, 6.07) is 23.1. The molecule has 38 heavy (non-hydrogen) atoms. The molecule has 0 radical (unpaired) electrons. The third kappa shape index (κ3) is 3.99. The van der Waals surface area contributed by atoms with E-state index in [-0.39, 0.29) is 52.8 Å². The Labute approximate surface area is 220 Å². The van der Waals surface area contributed by atoms with Crippen LogP contribution in [0.4, 0.5) is 5.69 Å². The van der Waals surface area contributed by atoms with Crippen molar-refractivity contribution in [2.75, 3.05) is 18.6 Å². The molecule has 1 saturated heterocycles. The minimum Gasteiger partial charge on any atom is -0.497 e. The molecule has 0 aromatic heterocycles. The fourth-order valence-corrected chi connectivity index (χ4v) is 6.64. The van der Waals surface area contributed by atoms with Gasteiger partial charge in [-0.1, -0.05) is 36.4 Å². The summed E-state index contributed by atoms with van der Waals surface area (Å²) >= 11 is 0. The Morgan fingerprint density at radius 2 is 1.58 bits per heavy atom. The number of fused-ring (bicyclic) bond motifs is 5. The summed E-state index contributed by atoms with van der Waals surface area (Å²) in [5.41, 5.74) is 2.16. The van der Waals surface area contributed by atoms with Gasteiger partial charge in [0, 0.05) is 5.56 Å². The van der Waals surface area contributed by atoms with Crippen LogP contribution in [0.2, 0.25) is 0 Å². The number of carbonyl (C=O) groups is 4. The molecule has 2 bridgehead atoms. The normalized spacial score (nSPS) is 25.4. The van der Waals surface area contributed by atoms with Crippen LogP contribution in [0, 0.1) is 23.7 Å². The molecule has 3 aromatic rings. The first-order valence-electron chi connectivity index (χ1n) is 12.8. The van der Waals surface area contributed by atoms with Gasteiger partial charge < -0.3 is 9.47 Å². The number of amides is 2. The first kappa shape index (κ1) is 24.1. The molecule has 1 heterocycles. The number of ether oxygens (including phenoxy) is 2. The summed E-state index contributed by atoms with van der Waals surface area (Å²) in [6.45, 7) is -0.425. The first-order valence-corrected chi connectivity index (χ1v) is 12.8. The van der Waals surface area contributed by atoms with Crippen LogP contribution in [0.1, 0.15) is 45.0 Å². The maximum atomic E-state index is 13.6. The number of Topliss-reactive ketones (excluding diaryl/α,β-unsaturated/α-hetero) is 1. The van der Waals surface area contributed by atoms with Crippen molar-refractivity contribution < 1.29 is 28.7 Å². The van der Waals surface area contributed by atoms with E-state index in [1.54, 1.807) is 42.5 Å².